The predicted octanol–water partition coefficient (Wildman–Crippen LogP) is 4.70. The van der Waals surface area contributed by atoms with E-state index < -0.39 is 23.6 Å². The largest absolute Gasteiger partial charge is 0.480 e. The van der Waals surface area contributed by atoms with E-state index in [4.69, 9.17) is 4.74 Å². The molecule has 0 radical (unpaired) electrons. The van der Waals surface area contributed by atoms with Crippen LogP contribution < -0.4 is 10.6 Å². The maximum Gasteiger partial charge on any atom is 0.407 e. The summed E-state index contributed by atoms with van der Waals surface area (Å²) < 4.78 is 5.69. The summed E-state index contributed by atoms with van der Waals surface area (Å²) in [5, 5.41) is 15.0. The molecule has 3 N–H and O–H groups in total. The molecule has 0 bridgehead atoms. The third-order valence-electron chi connectivity index (χ3n) is 7.08. The molecule has 0 aliphatic heterocycles. The molecule has 2 aromatic rings. The lowest BCUT2D eigenvalue weighted by molar-refractivity contribution is -0.142. The zero-order valence-electron chi connectivity index (χ0n) is 20.5. The van der Waals surface area contributed by atoms with Crippen LogP contribution in [0.25, 0.3) is 11.1 Å². The van der Waals surface area contributed by atoms with E-state index in [2.05, 4.69) is 34.9 Å². The van der Waals surface area contributed by atoms with Crippen LogP contribution in [0.4, 0.5) is 4.79 Å². The highest BCUT2D eigenvalue weighted by molar-refractivity contribution is 5.85. The van der Waals surface area contributed by atoms with Crippen LogP contribution in [0.5, 0.6) is 0 Å². The second kappa shape index (κ2) is 10.1. The fourth-order valence-corrected chi connectivity index (χ4v) is 5.15. The van der Waals surface area contributed by atoms with Gasteiger partial charge in [-0.25, -0.2) is 9.59 Å². The zero-order valence-corrected chi connectivity index (χ0v) is 20.5. The van der Waals surface area contributed by atoms with Crippen LogP contribution in [0.2, 0.25) is 0 Å². The Bertz CT molecular complexity index is 1060. The van der Waals surface area contributed by atoms with E-state index in [0.29, 0.717) is 6.42 Å². The van der Waals surface area contributed by atoms with Crippen molar-refractivity contribution in [2.45, 2.75) is 64.0 Å². The Morgan fingerprint density at radius 1 is 1.03 bits per heavy atom. The van der Waals surface area contributed by atoms with E-state index in [0.717, 1.165) is 35.1 Å². The molecule has 2 aliphatic carbocycles. The fraction of sp³-hybridized carbons (Fsp3) is 0.464. The van der Waals surface area contributed by atoms with Gasteiger partial charge in [0, 0.05) is 12.3 Å². The molecular weight excluding hydrogens is 444 g/mol. The predicted molar refractivity (Wildman–Crippen MR) is 133 cm³/mol. The van der Waals surface area contributed by atoms with Crippen LogP contribution in [0.1, 0.15) is 63.5 Å². The minimum Gasteiger partial charge on any atom is -0.480 e. The van der Waals surface area contributed by atoms with Gasteiger partial charge >= 0.3 is 12.1 Å². The summed E-state index contributed by atoms with van der Waals surface area (Å²) in [4.78, 5) is 37.2. The monoisotopic (exact) mass is 478 g/mol. The van der Waals surface area contributed by atoms with Crippen LogP contribution >= 0.6 is 0 Å². The standard InChI is InChI=1S/C28H34N2O5/c1-17(2)14-24(26(32)33)29-25(31)15-28(3,18-12-13-18)30-27(34)35-16-23-21-10-6-4-8-19(21)20-9-5-7-11-22(20)23/h4-11,17-18,23-24H,12-16H2,1-3H3,(H,29,31)(H,30,34)(H,32,33). The first-order valence-corrected chi connectivity index (χ1v) is 12.3. The number of ether oxygens (including phenoxy) is 1. The highest BCUT2D eigenvalue weighted by Crippen LogP contribution is 2.45. The summed E-state index contributed by atoms with van der Waals surface area (Å²) in [6.45, 7) is 5.86. The molecule has 7 heteroatoms. The average molecular weight is 479 g/mol. The first kappa shape index (κ1) is 24.8. The van der Waals surface area contributed by atoms with Gasteiger partial charge in [-0.2, -0.15) is 0 Å². The number of carbonyl (C=O) groups is 3. The van der Waals surface area contributed by atoms with E-state index in [1.807, 2.05) is 45.0 Å². The molecule has 186 valence electrons. The molecule has 1 saturated carbocycles. The van der Waals surface area contributed by atoms with Gasteiger partial charge in [-0.15, -0.1) is 0 Å². The van der Waals surface area contributed by atoms with Crippen molar-refractivity contribution < 1.29 is 24.2 Å². The van der Waals surface area contributed by atoms with Crippen LogP contribution in [0.15, 0.2) is 48.5 Å². The number of nitrogens with one attached hydrogen (secondary N) is 2. The molecule has 2 amide bonds. The Hall–Kier alpha value is -3.35. The quantitative estimate of drug-likeness (QED) is 0.459. The molecule has 2 aromatic carbocycles. The lowest BCUT2D eigenvalue weighted by Crippen LogP contribution is -2.52. The smallest absolute Gasteiger partial charge is 0.407 e. The number of hydrogen-bond donors (Lipinski definition) is 3. The Balaban J connectivity index is 1.39. The number of carbonyl (C=O) groups excluding carboxylic acids is 2. The summed E-state index contributed by atoms with van der Waals surface area (Å²) in [6.07, 6.45) is 1.60. The maximum atomic E-state index is 12.9. The number of hydrogen-bond acceptors (Lipinski definition) is 4. The van der Waals surface area contributed by atoms with E-state index in [1.165, 1.54) is 0 Å². The van der Waals surface area contributed by atoms with Gasteiger partial charge in [0.05, 0.1) is 5.54 Å². The van der Waals surface area contributed by atoms with Gasteiger partial charge in [0.2, 0.25) is 5.91 Å². The number of rotatable bonds is 10. The minimum atomic E-state index is -1.05. The fourth-order valence-electron chi connectivity index (χ4n) is 5.15. The van der Waals surface area contributed by atoms with Crippen LogP contribution in [-0.4, -0.2) is 41.3 Å². The first-order chi connectivity index (χ1) is 16.7. The molecule has 0 aromatic heterocycles. The van der Waals surface area contributed by atoms with Gasteiger partial charge < -0.3 is 20.5 Å². The number of carboxylic acid groups (broad SMARTS) is 1. The lowest BCUT2D eigenvalue weighted by atomic mass is 9.91. The average Bonchev–Trinajstić information content (AvgIpc) is 3.61. The third-order valence-corrected chi connectivity index (χ3v) is 7.08. The molecule has 4 rings (SSSR count). The molecule has 0 heterocycles. The lowest BCUT2D eigenvalue weighted by Gasteiger charge is -2.31. The number of carboxylic acids is 1. The summed E-state index contributed by atoms with van der Waals surface area (Å²) in [6, 6.07) is 15.4. The van der Waals surface area contributed by atoms with Gasteiger partial charge in [0.1, 0.15) is 12.6 Å². The van der Waals surface area contributed by atoms with Crippen LogP contribution in [0.3, 0.4) is 0 Å². The molecule has 2 aliphatic rings. The van der Waals surface area contributed by atoms with Crippen molar-refractivity contribution >= 4 is 18.0 Å². The molecular formula is C28H34N2O5. The number of alkyl carbamates (subject to hydrolysis) is 1. The highest BCUT2D eigenvalue weighted by Gasteiger charge is 2.45. The van der Waals surface area contributed by atoms with Crippen molar-refractivity contribution in [3.63, 3.8) is 0 Å². The third kappa shape index (κ3) is 5.66. The number of fused-ring (bicyclic) bond motifs is 3. The zero-order chi connectivity index (χ0) is 25.2. The molecule has 7 nitrogen and oxygen atoms in total. The van der Waals surface area contributed by atoms with Gasteiger partial charge in [0.15, 0.2) is 0 Å². The molecule has 1 fully saturated rings. The van der Waals surface area contributed by atoms with Crippen molar-refractivity contribution in [3.05, 3.63) is 59.7 Å². The summed E-state index contributed by atoms with van der Waals surface area (Å²) in [7, 11) is 0. The Kier molecular flexibility index (Phi) is 7.15. The maximum absolute atomic E-state index is 12.9. The molecule has 2 atom stereocenters. The summed E-state index contributed by atoms with van der Waals surface area (Å²) >= 11 is 0. The van der Waals surface area contributed by atoms with Crippen molar-refractivity contribution in [1.29, 1.82) is 0 Å². The first-order valence-electron chi connectivity index (χ1n) is 12.3. The molecule has 2 unspecified atom stereocenters. The summed E-state index contributed by atoms with van der Waals surface area (Å²) in [5.41, 5.74) is 3.79. The highest BCUT2D eigenvalue weighted by atomic mass is 16.5. The van der Waals surface area contributed by atoms with E-state index in [9.17, 15) is 19.5 Å². The Morgan fingerprint density at radius 3 is 2.11 bits per heavy atom. The second-order valence-corrected chi connectivity index (χ2v) is 10.4. The van der Waals surface area contributed by atoms with Crippen molar-refractivity contribution in [1.82, 2.24) is 10.6 Å². The normalized spacial score (nSPS) is 17.1. The number of aliphatic carboxylic acids is 1. The van der Waals surface area contributed by atoms with Crippen molar-refractivity contribution in [3.8, 4) is 11.1 Å². The van der Waals surface area contributed by atoms with E-state index in [1.54, 1.807) is 0 Å². The molecule has 35 heavy (non-hydrogen) atoms. The molecule has 0 spiro atoms. The number of benzene rings is 2. The number of amides is 2. The second-order valence-electron chi connectivity index (χ2n) is 10.4. The molecule has 0 saturated heterocycles. The van der Waals surface area contributed by atoms with Crippen molar-refractivity contribution in [2.24, 2.45) is 11.8 Å². The topological polar surface area (TPSA) is 105 Å². The Morgan fingerprint density at radius 2 is 1.60 bits per heavy atom. The van der Waals surface area contributed by atoms with Crippen LogP contribution in [-0.2, 0) is 14.3 Å². The summed E-state index contributed by atoms with van der Waals surface area (Å²) in [5.74, 6) is -1.20. The van der Waals surface area contributed by atoms with E-state index >= 15 is 0 Å². The Labute approximate surface area is 206 Å². The van der Waals surface area contributed by atoms with E-state index in [-0.39, 0.29) is 36.7 Å². The van der Waals surface area contributed by atoms with Gasteiger partial charge in [0.25, 0.3) is 0 Å². The minimum absolute atomic E-state index is 0.00371. The van der Waals surface area contributed by atoms with Crippen molar-refractivity contribution in [2.75, 3.05) is 6.61 Å². The van der Waals surface area contributed by atoms with Gasteiger partial charge in [-0.05, 0) is 60.3 Å². The van der Waals surface area contributed by atoms with Gasteiger partial charge in [-0.1, -0.05) is 62.4 Å². The van der Waals surface area contributed by atoms with Crippen LogP contribution in [0, 0.1) is 11.8 Å². The SMILES string of the molecule is CC(C)CC(NC(=O)CC(C)(NC(=O)OCC1c2ccccc2-c2ccccc21)C1CC1)C(=O)O. The van der Waals surface area contributed by atoms with Gasteiger partial charge in [-0.3, -0.25) is 4.79 Å².